The Morgan fingerprint density at radius 1 is 0.895 bits per heavy atom. The van der Waals surface area contributed by atoms with Gasteiger partial charge in [-0.3, -0.25) is 0 Å². The second kappa shape index (κ2) is 6.58. The van der Waals surface area contributed by atoms with Gasteiger partial charge < -0.3 is 14.2 Å². The molecule has 0 atom stereocenters. The largest absolute Gasteiger partial charge is 0.497 e. The summed E-state index contributed by atoms with van der Waals surface area (Å²) in [6, 6.07) is 6.98. The molecule has 0 spiro atoms. The number of rotatable bonds is 4. The van der Waals surface area contributed by atoms with Crippen LogP contribution in [0.25, 0.3) is 5.57 Å². The molecule has 0 saturated heterocycles. The summed E-state index contributed by atoms with van der Waals surface area (Å²) in [6.45, 7) is 1.66. The Bertz CT molecular complexity index is 481. The molecule has 5 heteroatoms. The van der Waals surface area contributed by atoms with Crippen LogP contribution in [0.15, 0.2) is 29.8 Å². The van der Waals surface area contributed by atoms with E-state index in [-0.39, 0.29) is 5.57 Å². The number of carbonyl (C=O) groups excluding carboxylic acids is 2. The van der Waals surface area contributed by atoms with Crippen molar-refractivity contribution in [1.82, 2.24) is 0 Å². The zero-order valence-corrected chi connectivity index (χ0v) is 11.4. The highest BCUT2D eigenvalue weighted by Gasteiger charge is 2.23. The van der Waals surface area contributed by atoms with Crippen molar-refractivity contribution in [3.8, 4) is 5.75 Å². The molecule has 1 aromatic rings. The van der Waals surface area contributed by atoms with Crippen LogP contribution >= 0.6 is 0 Å². The van der Waals surface area contributed by atoms with E-state index in [9.17, 15) is 9.59 Å². The fourth-order valence-corrected chi connectivity index (χ4v) is 1.58. The monoisotopic (exact) mass is 264 g/mol. The Morgan fingerprint density at radius 3 is 1.74 bits per heavy atom. The SMILES string of the molecule is COC(=O)C(C(=O)OC)=C(C)c1ccc(OC)cc1. The quantitative estimate of drug-likeness (QED) is 0.359. The summed E-state index contributed by atoms with van der Waals surface area (Å²) < 4.78 is 14.2. The smallest absolute Gasteiger partial charge is 0.345 e. The number of hydrogen-bond acceptors (Lipinski definition) is 5. The topological polar surface area (TPSA) is 61.8 Å². The van der Waals surface area contributed by atoms with Crippen LogP contribution in [0.3, 0.4) is 0 Å². The van der Waals surface area contributed by atoms with Gasteiger partial charge in [0.25, 0.3) is 0 Å². The van der Waals surface area contributed by atoms with Gasteiger partial charge in [0.2, 0.25) is 0 Å². The highest BCUT2D eigenvalue weighted by atomic mass is 16.5. The van der Waals surface area contributed by atoms with E-state index in [1.54, 1.807) is 38.3 Å². The molecule has 0 aromatic heterocycles. The van der Waals surface area contributed by atoms with Gasteiger partial charge in [-0.05, 0) is 30.2 Å². The van der Waals surface area contributed by atoms with E-state index in [0.717, 1.165) is 0 Å². The van der Waals surface area contributed by atoms with Crippen LogP contribution in [0.5, 0.6) is 5.75 Å². The summed E-state index contributed by atoms with van der Waals surface area (Å²) in [5, 5.41) is 0. The van der Waals surface area contributed by atoms with Crippen LogP contribution < -0.4 is 4.74 Å². The molecule has 0 saturated carbocycles. The second-order valence-corrected chi connectivity index (χ2v) is 3.71. The van der Waals surface area contributed by atoms with E-state index in [1.807, 2.05) is 0 Å². The molecule has 0 N–H and O–H groups in total. The summed E-state index contributed by atoms with van der Waals surface area (Å²) in [6.07, 6.45) is 0. The number of carbonyl (C=O) groups is 2. The molecule has 0 radical (unpaired) electrons. The van der Waals surface area contributed by atoms with Gasteiger partial charge in [0.1, 0.15) is 11.3 Å². The lowest BCUT2D eigenvalue weighted by Crippen LogP contribution is -2.17. The normalized spacial score (nSPS) is 9.47. The second-order valence-electron chi connectivity index (χ2n) is 3.71. The lowest BCUT2D eigenvalue weighted by Gasteiger charge is -2.09. The fourth-order valence-electron chi connectivity index (χ4n) is 1.58. The maximum absolute atomic E-state index is 11.6. The summed E-state index contributed by atoms with van der Waals surface area (Å²) in [4.78, 5) is 23.3. The first-order valence-electron chi connectivity index (χ1n) is 5.57. The van der Waals surface area contributed by atoms with Crippen molar-refractivity contribution in [2.24, 2.45) is 0 Å². The number of methoxy groups -OCH3 is 3. The molecule has 1 rings (SSSR count). The molecule has 1 aromatic carbocycles. The van der Waals surface area contributed by atoms with Crippen molar-refractivity contribution in [3.05, 3.63) is 35.4 Å². The van der Waals surface area contributed by atoms with E-state index in [4.69, 9.17) is 4.74 Å². The van der Waals surface area contributed by atoms with Gasteiger partial charge in [0.05, 0.1) is 21.3 Å². The zero-order valence-electron chi connectivity index (χ0n) is 11.4. The fraction of sp³-hybridized carbons (Fsp3) is 0.286. The molecule has 0 aliphatic carbocycles. The van der Waals surface area contributed by atoms with Crippen LogP contribution in [-0.4, -0.2) is 33.3 Å². The van der Waals surface area contributed by atoms with Gasteiger partial charge in [-0.25, -0.2) is 9.59 Å². The van der Waals surface area contributed by atoms with Crippen LogP contribution in [0.1, 0.15) is 12.5 Å². The molecule has 0 amide bonds. The van der Waals surface area contributed by atoms with Gasteiger partial charge >= 0.3 is 11.9 Å². The lowest BCUT2D eigenvalue weighted by molar-refractivity contribution is -0.143. The van der Waals surface area contributed by atoms with Crippen molar-refractivity contribution in [3.63, 3.8) is 0 Å². The third kappa shape index (κ3) is 3.34. The number of allylic oxidation sites excluding steroid dienone is 1. The van der Waals surface area contributed by atoms with Gasteiger partial charge in [0.15, 0.2) is 0 Å². The van der Waals surface area contributed by atoms with E-state index < -0.39 is 11.9 Å². The zero-order chi connectivity index (χ0) is 14.4. The van der Waals surface area contributed by atoms with Gasteiger partial charge in [-0.15, -0.1) is 0 Å². The first-order chi connectivity index (χ1) is 9.04. The summed E-state index contributed by atoms with van der Waals surface area (Å²) in [7, 11) is 3.99. The highest BCUT2D eigenvalue weighted by Crippen LogP contribution is 2.22. The standard InChI is InChI=1S/C14H16O5/c1-9(10-5-7-11(17-2)8-6-10)12(13(15)18-3)14(16)19-4/h5-8H,1-4H3. The van der Waals surface area contributed by atoms with Crippen LogP contribution in [0, 0.1) is 0 Å². The predicted octanol–water partition coefficient (Wildman–Crippen LogP) is 1.81. The molecule has 0 unspecified atom stereocenters. The van der Waals surface area contributed by atoms with Crippen molar-refractivity contribution in [2.75, 3.05) is 21.3 Å². The minimum absolute atomic E-state index is 0.116. The maximum atomic E-state index is 11.6. The first-order valence-corrected chi connectivity index (χ1v) is 5.57. The molecule has 19 heavy (non-hydrogen) atoms. The number of benzene rings is 1. The maximum Gasteiger partial charge on any atom is 0.345 e. The third-order valence-corrected chi connectivity index (χ3v) is 2.68. The molecule has 0 aliphatic heterocycles. The van der Waals surface area contributed by atoms with Crippen molar-refractivity contribution >= 4 is 17.5 Å². The van der Waals surface area contributed by atoms with Gasteiger partial charge in [-0.1, -0.05) is 12.1 Å². The van der Waals surface area contributed by atoms with Crippen LogP contribution in [-0.2, 0) is 19.1 Å². The Labute approximate surface area is 111 Å². The highest BCUT2D eigenvalue weighted by molar-refractivity contribution is 6.19. The van der Waals surface area contributed by atoms with Gasteiger partial charge in [-0.2, -0.15) is 0 Å². The first kappa shape index (κ1) is 14.8. The Hall–Kier alpha value is -2.30. The van der Waals surface area contributed by atoms with E-state index in [0.29, 0.717) is 16.9 Å². The molecular formula is C14H16O5. The van der Waals surface area contributed by atoms with E-state index >= 15 is 0 Å². The van der Waals surface area contributed by atoms with E-state index in [1.165, 1.54) is 14.2 Å². The molecule has 0 aliphatic rings. The van der Waals surface area contributed by atoms with Crippen LogP contribution in [0.4, 0.5) is 0 Å². The van der Waals surface area contributed by atoms with Gasteiger partial charge in [0, 0.05) is 0 Å². The van der Waals surface area contributed by atoms with Crippen molar-refractivity contribution in [2.45, 2.75) is 6.92 Å². The molecule has 5 nitrogen and oxygen atoms in total. The average molecular weight is 264 g/mol. The predicted molar refractivity (Wildman–Crippen MR) is 69.6 cm³/mol. The van der Waals surface area contributed by atoms with E-state index in [2.05, 4.69) is 9.47 Å². The average Bonchev–Trinajstić information content (AvgIpc) is 2.46. The summed E-state index contributed by atoms with van der Waals surface area (Å²) >= 11 is 0. The van der Waals surface area contributed by atoms with Crippen LogP contribution in [0.2, 0.25) is 0 Å². The Morgan fingerprint density at radius 2 is 1.37 bits per heavy atom. The number of hydrogen-bond donors (Lipinski definition) is 0. The summed E-state index contributed by atoms with van der Waals surface area (Å²) in [5.41, 5.74) is 1.09. The summed E-state index contributed by atoms with van der Waals surface area (Å²) in [5.74, 6) is -0.755. The minimum atomic E-state index is -0.722. The molecule has 0 heterocycles. The Kier molecular flexibility index (Phi) is 5.11. The molecule has 0 fully saturated rings. The minimum Gasteiger partial charge on any atom is -0.497 e. The van der Waals surface area contributed by atoms with Crippen molar-refractivity contribution in [1.29, 1.82) is 0 Å². The van der Waals surface area contributed by atoms with Crippen molar-refractivity contribution < 1.29 is 23.8 Å². The molecule has 102 valence electrons. The third-order valence-electron chi connectivity index (χ3n) is 2.68. The number of ether oxygens (including phenoxy) is 3. The lowest BCUT2D eigenvalue weighted by atomic mass is 10.0. The molecule has 0 bridgehead atoms. The number of esters is 2. The Balaban J connectivity index is 3.27. The molecular weight excluding hydrogens is 248 g/mol.